The van der Waals surface area contributed by atoms with Gasteiger partial charge in [0, 0.05) is 13.5 Å². The summed E-state index contributed by atoms with van der Waals surface area (Å²) in [6.45, 7) is 3.02. The van der Waals surface area contributed by atoms with Crippen LogP contribution in [0.2, 0.25) is 0 Å². The Kier molecular flexibility index (Phi) is 16.9. The first-order chi connectivity index (χ1) is 11.2. The lowest BCUT2D eigenvalue weighted by molar-refractivity contribution is -0.140. The number of carbonyl (C=O) groups excluding carboxylic acids is 1. The second-order valence-corrected chi connectivity index (χ2v) is 6.34. The van der Waals surface area contributed by atoms with Gasteiger partial charge in [0.25, 0.3) is 0 Å². The zero-order chi connectivity index (χ0) is 17.2. The van der Waals surface area contributed by atoms with Crippen molar-refractivity contribution in [3.8, 4) is 0 Å². The second-order valence-electron chi connectivity index (χ2n) is 6.34. The molecule has 0 aliphatic rings. The first-order valence-electron chi connectivity index (χ1n) is 9.48. The molecule has 0 aromatic rings. The summed E-state index contributed by atoms with van der Waals surface area (Å²) in [6, 6.07) is 0. The van der Waals surface area contributed by atoms with E-state index in [1.165, 1.54) is 70.5 Å². The Balaban J connectivity index is 3.67. The third-order valence-corrected chi connectivity index (χ3v) is 4.18. The highest BCUT2D eigenvalue weighted by Crippen LogP contribution is 2.14. The molecule has 0 saturated heterocycles. The lowest BCUT2D eigenvalue weighted by atomic mass is 10.0. The van der Waals surface area contributed by atoms with Crippen LogP contribution in [0.4, 0.5) is 0 Å². The monoisotopic (exact) mass is 326 g/mol. The fourth-order valence-electron chi connectivity index (χ4n) is 2.73. The zero-order valence-electron chi connectivity index (χ0n) is 15.7. The second kappa shape index (κ2) is 17.5. The summed E-state index contributed by atoms with van der Waals surface area (Å²) in [6.07, 6.45) is 17.8. The van der Waals surface area contributed by atoms with Crippen LogP contribution in [-0.4, -0.2) is 26.8 Å². The number of methoxy groups -OCH3 is 2. The third-order valence-electron chi connectivity index (χ3n) is 4.18. The molecule has 0 saturated carbocycles. The number of rotatable bonds is 16. The normalized spacial score (nSPS) is 11.7. The molecule has 136 valence electrons. The van der Waals surface area contributed by atoms with E-state index in [4.69, 9.17) is 4.74 Å². The Morgan fingerprint density at radius 3 is 2.09 bits per heavy atom. The Hall–Kier alpha value is -0.830. The van der Waals surface area contributed by atoms with Crippen LogP contribution >= 0.6 is 0 Å². The minimum Gasteiger partial charge on any atom is -0.469 e. The van der Waals surface area contributed by atoms with E-state index >= 15 is 0 Å². The maximum absolute atomic E-state index is 11.0. The van der Waals surface area contributed by atoms with E-state index in [1.807, 2.05) is 0 Å². The molecule has 0 aromatic carbocycles. The van der Waals surface area contributed by atoms with Crippen LogP contribution in [0, 0.1) is 0 Å². The van der Waals surface area contributed by atoms with Crippen LogP contribution in [0.1, 0.15) is 90.4 Å². The Labute approximate surface area is 143 Å². The summed E-state index contributed by atoms with van der Waals surface area (Å²) in [7, 11) is 3.23. The van der Waals surface area contributed by atoms with Gasteiger partial charge in [-0.3, -0.25) is 4.79 Å². The largest absolute Gasteiger partial charge is 0.469 e. The standard InChI is InChI=1S/C20H38O3/c1-4-5-6-7-8-9-12-15-19(18-22-2)16-13-10-11-14-17-20(21)23-3/h15H,4-14,16-18H2,1-3H3. The highest BCUT2D eigenvalue weighted by molar-refractivity contribution is 5.68. The molecule has 0 radical (unpaired) electrons. The predicted molar refractivity (Wildman–Crippen MR) is 97.7 cm³/mol. The molecule has 23 heavy (non-hydrogen) atoms. The summed E-state index contributed by atoms with van der Waals surface area (Å²) >= 11 is 0. The number of unbranched alkanes of at least 4 members (excludes halogenated alkanes) is 9. The number of allylic oxidation sites excluding steroid dienone is 1. The molecule has 0 unspecified atom stereocenters. The fourth-order valence-corrected chi connectivity index (χ4v) is 2.73. The Morgan fingerprint density at radius 1 is 0.826 bits per heavy atom. The predicted octanol–water partition coefficient (Wildman–Crippen LogP) is 5.82. The summed E-state index contributed by atoms with van der Waals surface area (Å²) in [5, 5.41) is 0. The highest BCUT2D eigenvalue weighted by Gasteiger charge is 2.01. The summed E-state index contributed by atoms with van der Waals surface area (Å²) in [4.78, 5) is 11.0. The van der Waals surface area contributed by atoms with Crippen LogP contribution in [0.3, 0.4) is 0 Å². The first-order valence-corrected chi connectivity index (χ1v) is 9.48. The molecule has 0 amide bonds. The SMILES string of the molecule is CCCCCCCCC=C(CCCCCCC(=O)OC)COC. The van der Waals surface area contributed by atoms with Gasteiger partial charge >= 0.3 is 5.97 Å². The molecular formula is C20H38O3. The number of carbonyl (C=O) groups is 1. The van der Waals surface area contributed by atoms with Crippen molar-refractivity contribution in [1.82, 2.24) is 0 Å². The van der Waals surface area contributed by atoms with Crippen molar-refractivity contribution in [2.24, 2.45) is 0 Å². The van der Waals surface area contributed by atoms with Gasteiger partial charge in [0.1, 0.15) is 0 Å². The van der Waals surface area contributed by atoms with Crippen LogP contribution in [-0.2, 0) is 14.3 Å². The first kappa shape index (κ1) is 22.2. The van der Waals surface area contributed by atoms with Gasteiger partial charge in [-0.05, 0) is 37.7 Å². The van der Waals surface area contributed by atoms with Crippen LogP contribution in [0.25, 0.3) is 0 Å². The molecule has 3 nitrogen and oxygen atoms in total. The van der Waals surface area contributed by atoms with Crippen molar-refractivity contribution in [2.45, 2.75) is 90.4 Å². The highest BCUT2D eigenvalue weighted by atomic mass is 16.5. The van der Waals surface area contributed by atoms with Gasteiger partial charge in [-0.25, -0.2) is 0 Å². The molecule has 0 rings (SSSR count). The van der Waals surface area contributed by atoms with E-state index in [0.717, 1.165) is 25.9 Å². The van der Waals surface area contributed by atoms with E-state index < -0.39 is 0 Å². The molecule has 0 N–H and O–H groups in total. The lowest BCUT2D eigenvalue weighted by Crippen LogP contribution is -1.99. The third kappa shape index (κ3) is 15.8. The van der Waals surface area contributed by atoms with Crippen molar-refractivity contribution in [1.29, 1.82) is 0 Å². The average molecular weight is 327 g/mol. The van der Waals surface area contributed by atoms with Crippen molar-refractivity contribution < 1.29 is 14.3 Å². The molecule has 0 heterocycles. The molecular weight excluding hydrogens is 288 g/mol. The molecule has 0 aromatic heterocycles. The number of ether oxygens (including phenoxy) is 2. The van der Waals surface area contributed by atoms with E-state index in [-0.39, 0.29) is 5.97 Å². The fraction of sp³-hybridized carbons (Fsp3) is 0.850. The summed E-state index contributed by atoms with van der Waals surface area (Å²) in [5.41, 5.74) is 1.44. The van der Waals surface area contributed by atoms with Crippen molar-refractivity contribution in [2.75, 3.05) is 20.8 Å². The van der Waals surface area contributed by atoms with E-state index in [2.05, 4.69) is 17.7 Å². The number of hydrogen-bond donors (Lipinski definition) is 0. The van der Waals surface area contributed by atoms with Crippen molar-refractivity contribution >= 4 is 5.97 Å². The average Bonchev–Trinajstić information content (AvgIpc) is 2.56. The van der Waals surface area contributed by atoms with Gasteiger partial charge in [-0.2, -0.15) is 0 Å². The minimum absolute atomic E-state index is 0.0936. The quantitative estimate of drug-likeness (QED) is 0.203. The molecule has 0 spiro atoms. The van der Waals surface area contributed by atoms with Crippen LogP contribution in [0.15, 0.2) is 11.6 Å². The van der Waals surface area contributed by atoms with Gasteiger partial charge in [-0.15, -0.1) is 0 Å². The summed E-state index contributed by atoms with van der Waals surface area (Å²) in [5.74, 6) is -0.0936. The van der Waals surface area contributed by atoms with Crippen molar-refractivity contribution in [3.63, 3.8) is 0 Å². The van der Waals surface area contributed by atoms with Crippen molar-refractivity contribution in [3.05, 3.63) is 11.6 Å². The van der Waals surface area contributed by atoms with E-state index in [1.54, 1.807) is 7.11 Å². The van der Waals surface area contributed by atoms with E-state index in [0.29, 0.717) is 6.42 Å². The zero-order valence-corrected chi connectivity index (χ0v) is 15.7. The topological polar surface area (TPSA) is 35.5 Å². The van der Waals surface area contributed by atoms with Gasteiger partial charge < -0.3 is 9.47 Å². The van der Waals surface area contributed by atoms with Gasteiger partial charge in [-0.1, -0.05) is 57.9 Å². The molecule has 0 aliphatic carbocycles. The molecule has 0 aliphatic heterocycles. The molecule has 3 heteroatoms. The maximum Gasteiger partial charge on any atom is 0.305 e. The molecule has 0 fully saturated rings. The number of esters is 1. The van der Waals surface area contributed by atoms with Crippen LogP contribution in [0.5, 0.6) is 0 Å². The Morgan fingerprint density at radius 2 is 1.43 bits per heavy atom. The molecule has 0 bridgehead atoms. The summed E-state index contributed by atoms with van der Waals surface area (Å²) < 4.78 is 9.96. The Bertz CT molecular complexity index is 297. The lowest BCUT2D eigenvalue weighted by Gasteiger charge is -2.07. The van der Waals surface area contributed by atoms with Gasteiger partial charge in [0.15, 0.2) is 0 Å². The van der Waals surface area contributed by atoms with Gasteiger partial charge in [0.2, 0.25) is 0 Å². The number of hydrogen-bond acceptors (Lipinski definition) is 3. The maximum atomic E-state index is 11.0. The van der Waals surface area contributed by atoms with Crippen LogP contribution < -0.4 is 0 Å². The smallest absolute Gasteiger partial charge is 0.305 e. The van der Waals surface area contributed by atoms with E-state index in [9.17, 15) is 4.79 Å². The molecule has 0 atom stereocenters. The van der Waals surface area contributed by atoms with Gasteiger partial charge in [0.05, 0.1) is 13.7 Å². The minimum atomic E-state index is -0.0936.